The average molecular weight is 473 g/mol. The molecule has 0 N–H and O–H groups in total. The Hall–Kier alpha value is -3.08. The third-order valence-electron chi connectivity index (χ3n) is 5.48. The lowest BCUT2D eigenvalue weighted by atomic mass is 10.1. The van der Waals surface area contributed by atoms with Gasteiger partial charge in [-0.2, -0.15) is 0 Å². The van der Waals surface area contributed by atoms with Crippen molar-refractivity contribution in [2.45, 2.75) is 0 Å². The van der Waals surface area contributed by atoms with Gasteiger partial charge in [0.2, 0.25) is 5.78 Å². The SMILES string of the molecule is Clc1ccc(-n2c(-c3ccc(Br)cc3)cn3c4ccc5ccccc5c4nc23)cc1. The van der Waals surface area contributed by atoms with Gasteiger partial charge in [-0.25, -0.2) is 4.98 Å². The van der Waals surface area contributed by atoms with Crippen molar-refractivity contribution in [1.29, 1.82) is 0 Å². The molecule has 3 nitrogen and oxygen atoms in total. The summed E-state index contributed by atoms with van der Waals surface area (Å²) in [6.07, 6.45) is 2.16. The molecule has 0 saturated heterocycles. The number of rotatable bonds is 2. The molecule has 0 saturated carbocycles. The predicted octanol–water partition coefficient (Wildman–Crippen LogP) is 7.51. The molecule has 0 unspecified atom stereocenters. The first-order chi connectivity index (χ1) is 14.7. The summed E-state index contributed by atoms with van der Waals surface area (Å²) < 4.78 is 5.42. The number of hydrogen-bond acceptors (Lipinski definition) is 1. The van der Waals surface area contributed by atoms with Gasteiger partial charge in [-0.15, -0.1) is 0 Å². The highest BCUT2D eigenvalue weighted by atomic mass is 79.9. The fraction of sp³-hybridized carbons (Fsp3) is 0. The maximum Gasteiger partial charge on any atom is 0.220 e. The molecule has 0 aliphatic carbocycles. The molecule has 0 aliphatic rings. The zero-order chi connectivity index (χ0) is 20.2. The van der Waals surface area contributed by atoms with Crippen molar-refractivity contribution >= 4 is 55.1 Å². The van der Waals surface area contributed by atoms with E-state index in [0.29, 0.717) is 5.02 Å². The van der Waals surface area contributed by atoms with Crippen molar-refractivity contribution < 1.29 is 0 Å². The second kappa shape index (κ2) is 6.73. The molecule has 0 spiro atoms. The Morgan fingerprint density at radius 3 is 2.37 bits per heavy atom. The Morgan fingerprint density at radius 2 is 1.57 bits per heavy atom. The number of aromatic nitrogens is 3. The molecule has 0 amide bonds. The van der Waals surface area contributed by atoms with Crippen LogP contribution in [0.4, 0.5) is 0 Å². The van der Waals surface area contributed by atoms with Crippen LogP contribution in [0.1, 0.15) is 0 Å². The van der Waals surface area contributed by atoms with Crippen LogP contribution in [0, 0.1) is 0 Å². The van der Waals surface area contributed by atoms with Gasteiger partial charge in [-0.3, -0.25) is 8.97 Å². The van der Waals surface area contributed by atoms with Crippen LogP contribution in [0.3, 0.4) is 0 Å². The highest BCUT2D eigenvalue weighted by Gasteiger charge is 2.18. The molecule has 6 aromatic rings. The number of benzene rings is 4. The van der Waals surface area contributed by atoms with E-state index in [0.717, 1.165) is 43.6 Å². The first-order valence-electron chi connectivity index (χ1n) is 9.62. The van der Waals surface area contributed by atoms with Gasteiger partial charge in [0.25, 0.3) is 0 Å². The summed E-state index contributed by atoms with van der Waals surface area (Å²) in [5.41, 5.74) is 5.31. The standard InChI is InChI=1S/C25H15BrClN3/c26-18-8-5-17(6-9-18)23-15-29-22-14-7-16-3-1-2-4-21(16)24(22)28-25(29)30(23)20-12-10-19(27)11-13-20/h1-15H. The van der Waals surface area contributed by atoms with Crippen LogP contribution >= 0.6 is 27.5 Å². The number of halogens is 2. The van der Waals surface area contributed by atoms with Crippen LogP contribution in [0.25, 0.3) is 44.5 Å². The molecule has 4 aromatic carbocycles. The molecule has 6 rings (SSSR count). The second-order valence-corrected chi connectivity index (χ2v) is 8.62. The van der Waals surface area contributed by atoms with Crippen molar-refractivity contribution in [3.8, 4) is 16.9 Å². The molecular formula is C25H15BrClN3. The van der Waals surface area contributed by atoms with E-state index in [9.17, 15) is 0 Å². The van der Waals surface area contributed by atoms with Gasteiger partial charge in [0, 0.05) is 32.3 Å². The average Bonchev–Trinajstić information content (AvgIpc) is 3.31. The minimum absolute atomic E-state index is 0.714. The van der Waals surface area contributed by atoms with Crippen LogP contribution in [0.15, 0.2) is 95.6 Å². The maximum atomic E-state index is 6.16. The monoisotopic (exact) mass is 471 g/mol. The first kappa shape index (κ1) is 17.8. The molecule has 0 bridgehead atoms. The molecular weight excluding hydrogens is 458 g/mol. The molecule has 30 heavy (non-hydrogen) atoms. The fourth-order valence-electron chi connectivity index (χ4n) is 4.06. The Morgan fingerprint density at radius 1 is 0.800 bits per heavy atom. The zero-order valence-corrected chi connectivity index (χ0v) is 18.1. The third-order valence-corrected chi connectivity index (χ3v) is 6.26. The third kappa shape index (κ3) is 2.68. The quantitative estimate of drug-likeness (QED) is 0.255. The van der Waals surface area contributed by atoms with E-state index in [4.69, 9.17) is 16.6 Å². The maximum absolute atomic E-state index is 6.16. The van der Waals surface area contributed by atoms with Gasteiger partial charge in [0.1, 0.15) is 0 Å². The molecule has 0 atom stereocenters. The largest absolute Gasteiger partial charge is 0.283 e. The van der Waals surface area contributed by atoms with E-state index in [2.05, 4.69) is 91.8 Å². The van der Waals surface area contributed by atoms with Crippen LogP contribution < -0.4 is 0 Å². The van der Waals surface area contributed by atoms with Crippen LogP contribution in [-0.2, 0) is 0 Å². The van der Waals surface area contributed by atoms with Gasteiger partial charge in [0.05, 0.1) is 16.7 Å². The Bertz CT molecular complexity index is 1540. The molecule has 0 aliphatic heterocycles. The van der Waals surface area contributed by atoms with Crippen molar-refractivity contribution in [1.82, 2.24) is 14.0 Å². The zero-order valence-electron chi connectivity index (χ0n) is 15.8. The summed E-state index contributed by atoms with van der Waals surface area (Å²) in [6, 6.07) is 28.9. The predicted molar refractivity (Wildman–Crippen MR) is 128 cm³/mol. The summed E-state index contributed by atoms with van der Waals surface area (Å²) in [7, 11) is 0. The van der Waals surface area contributed by atoms with Gasteiger partial charge < -0.3 is 0 Å². The number of imidazole rings is 2. The summed E-state index contributed by atoms with van der Waals surface area (Å²) in [6.45, 7) is 0. The lowest BCUT2D eigenvalue weighted by Crippen LogP contribution is -1.97. The molecule has 5 heteroatoms. The molecule has 2 aromatic heterocycles. The van der Waals surface area contributed by atoms with Crippen molar-refractivity contribution in [2.24, 2.45) is 0 Å². The Labute approximate surface area is 186 Å². The Kier molecular flexibility index (Phi) is 3.98. The summed E-state index contributed by atoms with van der Waals surface area (Å²) in [4.78, 5) is 5.09. The van der Waals surface area contributed by atoms with Crippen molar-refractivity contribution in [3.05, 3.63) is 101 Å². The van der Waals surface area contributed by atoms with E-state index in [1.807, 2.05) is 24.3 Å². The first-order valence-corrected chi connectivity index (χ1v) is 10.8. The normalized spacial score (nSPS) is 11.7. The van der Waals surface area contributed by atoms with Crippen LogP contribution in [0.5, 0.6) is 0 Å². The highest BCUT2D eigenvalue weighted by Crippen LogP contribution is 2.33. The van der Waals surface area contributed by atoms with Gasteiger partial charge in [-0.05, 0) is 47.9 Å². The van der Waals surface area contributed by atoms with Gasteiger partial charge in [-0.1, -0.05) is 70.0 Å². The van der Waals surface area contributed by atoms with Gasteiger partial charge >= 0.3 is 0 Å². The minimum atomic E-state index is 0.714. The lowest BCUT2D eigenvalue weighted by molar-refractivity contribution is 1.08. The van der Waals surface area contributed by atoms with E-state index < -0.39 is 0 Å². The highest BCUT2D eigenvalue weighted by molar-refractivity contribution is 9.10. The number of nitrogens with zero attached hydrogens (tertiary/aromatic N) is 3. The number of hydrogen-bond donors (Lipinski definition) is 0. The fourth-order valence-corrected chi connectivity index (χ4v) is 4.45. The van der Waals surface area contributed by atoms with Crippen LogP contribution in [-0.4, -0.2) is 14.0 Å². The Balaban J connectivity index is 1.73. The van der Waals surface area contributed by atoms with E-state index >= 15 is 0 Å². The molecule has 144 valence electrons. The topological polar surface area (TPSA) is 22.2 Å². The molecule has 2 heterocycles. The van der Waals surface area contributed by atoms with E-state index in [1.165, 1.54) is 5.39 Å². The molecule has 0 fully saturated rings. The summed E-state index contributed by atoms with van der Waals surface area (Å²) in [5.74, 6) is 0.876. The lowest BCUT2D eigenvalue weighted by Gasteiger charge is -2.09. The van der Waals surface area contributed by atoms with E-state index in [-0.39, 0.29) is 0 Å². The van der Waals surface area contributed by atoms with Crippen molar-refractivity contribution in [2.75, 3.05) is 0 Å². The smallest absolute Gasteiger partial charge is 0.220 e. The summed E-state index contributed by atoms with van der Waals surface area (Å²) in [5, 5.41) is 3.06. The van der Waals surface area contributed by atoms with Crippen molar-refractivity contribution in [3.63, 3.8) is 0 Å². The minimum Gasteiger partial charge on any atom is -0.283 e. The summed E-state index contributed by atoms with van der Waals surface area (Å²) >= 11 is 9.69. The van der Waals surface area contributed by atoms with Gasteiger partial charge in [0.15, 0.2) is 0 Å². The molecule has 0 radical (unpaired) electrons. The second-order valence-electron chi connectivity index (χ2n) is 7.27. The van der Waals surface area contributed by atoms with E-state index in [1.54, 1.807) is 0 Å². The number of fused-ring (bicyclic) bond motifs is 5. The van der Waals surface area contributed by atoms with Crippen LogP contribution in [0.2, 0.25) is 5.02 Å².